The van der Waals surface area contributed by atoms with Crippen LogP contribution in [0.25, 0.3) is 0 Å². The minimum absolute atomic E-state index is 0.243. The minimum atomic E-state index is -0.904. The summed E-state index contributed by atoms with van der Waals surface area (Å²) < 4.78 is 12.9. The number of nitrogens with zero attached hydrogens (tertiary/aromatic N) is 2. The summed E-state index contributed by atoms with van der Waals surface area (Å²) in [6.45, 7) is 12.7. The number of amides is 1. The average Bonchev–Trinajstić information content (AvgIpc) is 3.03. The van der Waals surface area contributed by atoms with Gasteiger partial charge in [-0.15, -0.1) is 0 Å². The van der Waals surface area contributed by atoms with Crippen LogP contribution in [0.3, 0.4) is 0 Å². The Morgan fingerprint density at radius 2 is 1.70 bits per heavy atom. The van der Waals surface area contributed by atoms with E-state index in [9.17, 15) is 9.59 Å². The number of carbonyl (C=O) groups excluding carboxylic acids is 2. The maximum absolute atomic E-state index is 12.6. The first-order chi connectivity index (χ1) is 14.3. The molecule has 1 saturated heterocycles. The summed E-state index contributed by atoms with van der Waals surface area (Å²) in [6, 6.07) is 9.71. The van der Waals surface area contributed by atoms with Crippen LogP contribution < -0.4 is 10.2 Å². The maximum atomic E-state index is 12.6. The second-order valence-electron chi connectivity index (χ2n) is 7.93. The van der Waals surface area contributed by atoms with E-state index in [1.165, 1.54) is 0 Å². The van der Waals surface area contributed by atoms with Crippen LogP contribution in [0.1, 0.15) is 48.6 Å². The Kier molecular flexibility index (Phi) is 6.82. The lowest BCUT2D eigenvalue weighted by Crippen LogP contribution is -2.36. The van der Waals surface area contributed by atoms with Gasteiger partial charge in [0.05, 0.1) is 18.8 Å². The van der Waals surface area contributed by atoms with Crippen molar-refractivity contribution in [1.29, 1.82) is 0 Å². The predicted molar refractivity (Wildman–Crippen MR) is 117 cm³/mol. The van der Waals surface area contributed by atoms with Crippen molar-refractivity contribution in [2.24, 2.45) is 0 Å². The summed E-state index contributed by atoms with van der Waals surface area (Å²) in [5, 5.41) is 2.81. The van der Waals surface area contributed by atoms with E-state index in [0.29, 0.717) is 11.3 Å². The van der Waals surface area contributed by atoms with Crippen molar-refractivity contribution in [1.82, 2.24) is 4.57 Å². The van der Waals surface area contributed by atoms with Crippen LogP contribution in [0.5, 0.6) is 0 Å². The van der Waals surface area contributed by atoms with Crippen LogP contribution in [-0.2, 0) is 14.3 Å². The molecule has 1 amide bonds. The Morgan fingerprint density at radius 3 is 2.27 bits per heavy atom. The lowest BCUT2D eigenvalue weighted by molar-refractivity contribution is -0.123. The SMILES string of the molecule is Cc1cc(C(=O)O[C@H](C)C(=O)Nc2ccc(N3CCOCC3)cc2)c(C)n1C(C)C. The van der Waals surface area contributed by atoms with Crippen LogP contribution in [0.4, 0.5) is 11.4 Å². The van der Waals surface area contributed by atoms with Gasteiger partial charge >= 0.3 is 5.97 Å². The van der Waals surface area contributed by atoms with Crippen LogP contribution in [0.2, 0.25) is 0 Å². The number of carbonyl (C=O) groups is 2. The van der Waals surface area contributed by atoms with Gasteiger partial charge in [0, 0.05) is 41.9 Å². The van der Waals surface area contributed by atoms with Gasteiger partial charge in [-0.2, -0.15) is 0 Å². The van der Waals surface area contributed by atoms with E-state index in [2.05, 4.69) is 28.6 Å². The van der Waals surface area contributed by atoms with Crippen LogP contribution in [-0.4, -0.2) is 48.9 Å². The fourth-order valence-corrected chi connectivity index (χ4v) is 3.88. The molecule has 7 nitrogen and oxygen atoms in total. The molecular formula is C23H31N3O4. The topological polar surface area (TPSA) is 72.8 Å². The molecule has 2 aromatic rings. The van der Waals surface area contributed by atoms with Crippen molar-refractivity contribution >= 4 is 23.3 Å². The highest BCUT2D eigenvalue weighted by molar-refractivity contribution is 5.98. The molecule has 7 heteroatoms. The first-order valence-electron chi connectivity index (χ1n) is 10.4. The third-order valence-electron chi connectivity index (χ3n) is 5.38. The highest BCUT2D eigenvalue weighted by Gasteiger charge is 2.23. The zero-order valence-corrected chi connectivity index (χ0v) is 18.4. The standard InChI is InChI=1S/C23H31N3O4/c1-15(2)26-16(3)14-21(17(26)4)23(28)30-18(5)22(27)24-19-6-8-20(9-7-19)25-10-12-29-13-11-25/h6-9,14-15,18H,10-13H2,1-5H3,(H,24,27)/t18-/m1/s1. The molecular weight excluding hydrogens is 382 g/mol. The van der Waals surface area contributed by atoms with Gasteiger partial charge in [-0.3, -0.25) is 4.79 Å². The number of aryl methyl sites for hydroxylation is 1. The maximum Gasteiger partial charge on any atom is 0.340 e. The Balaban J connectivity index is 1.59. The van der Waals surface area contributed by atoms with Crippen LogP contribution in [0.15, 0.2) is 30.3 Å². The number of nitrogens with one attached hydrogen (secondary N) is 1. The molecule has 30 heavy (non-hydrogen) atoms. The number of ether oxygens (including phenoxy) is 2. The van der Waals surface area contributed by atoms with Gasteiger partial charge in [0.1, 0.15) is 0 Å². The molecule has 1 N–H and O–H groups in total. The van der Waals surface area contributed by atoms with Gasteiger partial charge in [0.25, 0.3) is 5.91 Å². The van der Waals surface area contributed by atoms with Crippen molar-refractivity contribution < 1.29 is 19.1 Å². The van der Waals surface area contributed by atoms with E-state index < -0.39 is 12.1 Å². The lowest BCUT2D eigenvalue weighted by Gasteiger charge is -2.28. The molecule has 1 aliphatic heterocycles. The Bertz CT molecular complexity index is 896. The zero-order chi connectivity index (χ0) is 21.8. The smallest absolute Gasteiger partial charge is 0.340 e. The molecule has 0 unspecified atom stereocenters. The first-order valence-corrected chi connectivity index (χ1v) is 10.4. The zero-order valence-electron chi connectivity index (χ0n) is 18.4. The molecule has 2 heterocycles. The molecule has 3 rings (SSSR count). The molecule has 1 aromatic heterocycles. The Morgan fingerprint density at radius 1 is 1.07 bits per heavy atom. The first kappa shape index (κ1) is 21.9. The number of hydrogen-bond donors (Lipinski definition) is 1. The molecule has 1 fully saturated rings. The van der Waals surface area contributed by atoms with Crippen LogP contribution in [0, 0.1) is 13.8 Å². The monoisotopic (exact) mass is 413 g/mol. The number of hydrogen-bond acceptors (Lipinski definition) is 5. The molecule has 1 atom stereocenters. The summed E-state index contributed by atoms with van der Waals surface area (Å²) in [5.74, 6) is -0.847. The van der Waals surface area contributed by atoms with E-state index in [4.69, 9.17) is 9.47 Å². The second-order valence-corrected chi connectivity index (χ2v) is 7.93. The number of aromatic nitrogens is 1. The van der Waals surface area contributed by atoms with E-state index in [0.717, 1.165) is 43.4 Å². The van der Waals surface area contributed by atoms with Gasteiger partial charge in [0.2, 0.25) is 0 Å². The van der Waals surface area contributed by atoms with E-state index in [1.807, 2.05) is 44.2 Å². The highest BCUT2D eigenvalue weighted by atomic mass is 16.5. The van der Waals surface area contributed by atoms with Crippen molar-refractivity contribution in [3.63, 3.8) is 0 Å². The van der Waals surface area contributed by atoms with Crippen molar-refractivity contribution in [3.05, 3.63) is 47.3 Å². The Labute approximate surface area is 178 Å². The molecule has 0 spiro atoms. The Hall–Kier alpha value is -2.80. The molecule has 0 radical (unpaired) electrons. The van der Waals surface area contributed by atoms with Crippen LogP contribution >= 0.6 is 0 Å². The highest BCUT2D eigenvalue weighted by Crippen LogP contribution is 2.22. The summed E-state index contributed by atoms with van der Waals surface area (Å²) in [6.07, 6.45) is -0.904. The predicted octanol–water partition coefficient (Wildman–Crippen LogP) is 3.71. The molecule has 162 valence electrons. The van der Waals surface area contributed by atoms with Gasteiger partial charge in [0.15, 0.2) is 6.10 Å². The number of anilines is 2. The fourth-order valence-electron chi connectivity index (χ4n) is 3.88. The minimum Gasteiger partial charge on any atom is -0.449 e. The summed E-state index contributed by atoms with van der Waals surface area (Å²) in [5.41, 5.74) is 4.09. The van der Waals surface area contributed by atoms with E-state index in [1.54, 1.807) is 6.92 Å². The summed E-state index contributed by atoms with van der Waals surface area (Å²) >= 11 is 0. The van der Waals surface area contributed by atoms with E-state index >= 15 is 0 Å². The van der Waals surface area contributed by atoms with Gasteiger partial charge in [-0.05, 0) is 65.0 Å². The third kappa shape index (κ3) is 4.84. The van der Waals surface area contributed by atoms with Gasteiger partial charge in [-0.25, -0.2) is 4.79 Å². The molecule has 1 aliphatic rings. The molecule has 0 saturated carbocycles. The quantitative estimate of drug-likeness (QED) is 0.731. The fraction of sp³-hybridized carbons (Fsp3) is 0.478. The van der Waals surface area contributed by atoms with Crippen molar-refractivity contribution in [2.75, 3.05) is 36.5 Å². The molecule has 0 bridgehead atoms. The number of benzene rings is 1. The third-order valence-corrected chi connectivity index (χ3v) is 5.38. The van der Waals surface area contributed by atoms with E-state index in [-0.39, 0.29) is 11.9 Å². The van der Waals surface area contributed by atoms with Crippen molar-refractivity contribution in [3.8, 4) is 0 Å². The molecule has 0 aliphatic carbocycles. The number of morpholine rings is 1. The number of esters is 1. The van der Waals surface area contributed by atoms with Gasteiger partial charge < -0.3 is 24.3 Å². The molecule has 1 aromatic carbocycles. The lowest BCUT2D eigenvalue weighted by atomic mass is 10.2. The summed E-state index contributed by atoms with van der Waals surface area (Å²) in [4.78, 5) is 27.4. The second kappa shape index (κ2) is 9.34. The normalized spacial score (nSPS) is 15.2. The number of rotatable bonds is 6. The average molecular weight is 414 g/mol. The largest absolute Gasteiger partial charge is 0.449 e. The van der Waals surface area contributed by atoms with Gasteiger partial charge in [-0.1, -0.05) is 0 Å². The van der Waals surface area contributed by atoms with Crippen molar-refractivity contribution in [2.45, 2.75) is 46.8 Å². The summed E-state index contributed by atoms with van der Waals surface area (Å²) in [7, 11) is 0.